The van der Waals surface area contributed by atoms with Gasteiger partial charge in [-0.3, -0.25) is 9.78 Å². The summed E-state index contributed by atoms with van der Waals surface area (Å²) in [4.78, 5) is 43.9. The summed E-state index contributed by atoms with van der Waals surface area (Å²) in [7, 11) is 0. The summed E-state index contributed by atoms with van der Waals surface area (Å²) in [6.45, 7) is 2.12. The van der Waals surface area contributed by atoms with E-state index in [4.69, 9.17) is 21.0 Å². The molecule has 0 rings (SSSR count). The minimum absolute atomic E-state index is 0.0562. The third-order valence-electron chi connectivity index (χ3n) is 2.98. The predicted octanol–water partition coefficient (Wildman–Crippen LogP) is 2.86. The fourth-order valence-electron chi connectivity index (χ4n) is 1.88. The SMILES string of the molecule is CCCCCCCC(CC(=O)OO)CC(=O)OO.O=C(OO)OO. The molecule has 0 amide bonds. The first-order chi connectivity index (χ1) is 11.4. The van der Waals surface area contributed by atoms with Crippen molar-refractivity contribution in [1.82, 2.24) is 0 Å². The molecule has 0 bridgehead atoms. The predicted molar refractivity (Wildman–Crippen MR) is 76.4 cm³/mol. The van der Waals surface area contributed by atoms with Crippen molar-refractivity contribution in [1.29, 1.82) is 0 Å². The molecule has 142 valence electrons. The van der Waals surface area contributed by atoms with Crippen LogP contribution in [0.2, 0.25) is 0 Å². The highest BCUT2D eigenvalue weighted by molar-refractivity contribution is 5.72. The topological polar surface area (TPSA) is 169 Å². The molecule has 4 N–H and O–H groups in total. The van der Waals surface area contributed by atoms with Gasteiger partial charge in [-0.1, -0.05) is 39.0 Å². The van der Waals surface area contributed by atoms with Gasteiger partial charge in [-0.15, -0.1) is 0 Å². The maximum atomic E-state index is 10.9. The molecule has 0 atom stereocenters. The van der Waals surface area contributed by atoms with Gasteiger partial charge in [0.05, 0.1) is 12.8 Å². The lowest BCUT2D eigenvalue weighted by Crippen LogP contribution is -2.15. The molecule has 0 radical (unpaired) electrons. The zero-order valence-corrected chi connectivity index (χ0v) is 13.4. The third kappa shape index (κ3) is 16.4. The number of hydrogen-bond donors (Lipinski definition) is 4. The molecule has 0 saturated carbocycles. The van der Waals surface area contributed by atoms with Crippen molar-refractivity contribution in [3.8, 4) is 0 Å². The molecule has 0 heterocycles. The van der Waals surface area contributed by atoms with Crippen LogP contribution in [0.1, 0.15) is 58.3 Å². The van der Waals surface area contributed by atoms with Gasteiger partial charge < -0.3 is 9.78 Å². The van der Waals surface area contributed by atoms with Crippen LogP contribution < -0.4 is 0 Å². The van der Waals surface area contributed by atoms with Crippen LogP contribution in [-0.4, -0.2) is 39.1 Å². The number of rotatable bonds is 10. The summed E-state index contributed by atoms with van der Waals surface area (Å²) in [5.74, 6) is -1.83. The van der Waals surface area contributed by atoms with Gasteiger partial charge in [-0.05, 0) is 12.3 Å². The smallest absolute Gasteiger partial charge is 0.301 e. The molecule has 0 aliphatic carbocycles. The van der Waals surface area contributed by atoms with Gasteiger partial charge in [0.2, 0.25) is 0 Å². The maximum Gasteiger partial charge on any atom is 0.572 e. The van der Waals surface area contributed by atoms with Crippen molar-refractivity contribution < 1.29 is 55.0 Å². The molecule has 0 fully saturated rings. The molecule has 0 aromatic rings. The lowest BCUT2D eigenvalue weighted by atomic mass is 9.94. The van der Waals surface area contributed by atoms with E-state index >= 15 is 0 Å². The van der Waals surface area contributed by atoms with Gasteiger partial charge in [-0.2, -0.15) is 25.8 Å². The van der Waals surface area contributed by atoms with Gasteiger partial charge in [-0.25, -0.2) is 9.59 Å². The van der Waals surface area contributed by atoms with E-state index in [1.165, 1.54) is 6.42 Å². The molecule has 0 unspecified atom stereocenters. The Morgan fingerprint density at radius 3 is 1.54 bits per heavy atom. The zero-order valence-electron chi connectivity index (χ0n) is 13.4. The Balaban J connectivity index is 0. The number of hydrogen-bond acceptors (Lipinski definition) is 11. The van der Waals surface area contributed by atoms with E-state index in [0.717, 1.165) is 25.7 Å². The van der Waals surface area contributed by atoms with Gasteiger partial charge in [0.1, 0.15) is 0 Å². The monoisotopic (exact) mass is 356 g/mol. The number of carbonyl (C=O) groups is 3. The number of carbonyl (C=O) groups excluding carboxylic acids is 3. The first-order valence-electron chi connectivity index (χ1n) is 7.30. The van der Waals surface area contributed by atoms with Crippen molar-refractivity contribution in [2.45, 2.75) is 58.3 Å². The molecule has 0 aromatic heterocycles. The lowest BCUT2D eigenvalue weighted by molar-refractivity contribution is -0.270. The normalized spacial score (nSPS) is 9.58. The van der Waals surface area contributed by atoms with Gasteiger partial charge >= 0.3 is 18.1 Å². The van der Waals surface area contributed by atoms with Crippen LogP contribution in [0.5, 0.6) is 0 Å². The van der Waals surface area contributed by atoms with Crippen LogP contribution in [0, 0.1) is 5.92 Å². The number of unbranched alkanes of at least 4 members (excludes halogenated alkanes) is 4. The fourth-order valence-corrected chi connectivity index (χ4v) is 1.88. The molecule has 0 aromatic carbocycles. The van der Waals surface area contributed by atoms with Crippen molar-refractivity contribution in [3.63, 3.8) is 0 Å². The molecular formula is C13H24O11. The minimum atomic E-state index is -1.55. The van der Waals surface area contributed by atoms with E-state index in [-0.39, 0.29) is 18.8 Å². The van der Waals surface area contributed by atoms with E-state index < -0.39 is 18.1 Å². The highest BCUT2D eigenvalue weighted by atomic mass is 17.2. The van der Waals surface area contributed by atoms with Crippen molar-refractivity contribution >= 4 is 18.1 Å². The Kier molecular flexibility index (Phi) is 17.6. The third-order valence-corrected chi connectivity index (χ3v) is 2.98. The van der Waals surface area contributed by atoms with Crippen LogP contribution in [0.4, 0.5) is 4.79 Å². The van der Waals surface area contributed by atoms with Crippen molar-refractivity contribution in [2.75, 3.05) is 0 Å². The van der Waals surface area contributed by atoms with Crippen LogP contribution in [-0.2, 0) is 29.1 Å². The molecule has 0 saturated heterocycles. The minimum Gasteiger partial charge on any atom is -0.301 e. The molecule has 0 aliphatic rings. The first-order valence-corrected chi connectivity index (χ1v) is 7.30. The Hall–Kier alpha value is -1.95. The van der Waals surface area contributed by atoms with E-state index in [1.54, 1.807) is 0 Å². The van der Waals surface area contributed by atoms with E-state index in [2.05, 4.69) is 26.5 Å². The van der Waals surface area contributed by atoms with E-state index in [9.17, 15) is 14.4 Å². The summed E-state index contributed by atoms with van der Waals surface area (Å²) in [5, 5.41) is 30.8. The van der Waals surface area contributed by atoms with Crippen LogP contribution >= 0.6 is 0 Å². The van der Waals surface area contributed by atoms with Gasteiger partial charge in [0.15, 0.2) is 0 Å². The summed E-state index contributed by atoms with van der Waals surface area (Å²) in [6, 6.07) is 0. The Bertz CT molecular complexity index is 321. The van der Waals surface area contributed by atoms with Gasteiger partial charge in [0, 0.05) is 0 Å². The second-order valence-electron chi connectivity index (χ2n) is 4.84. The summed E-state index contributed by atoms with van der Waals surface area (Å²) in [5.41, 5.74) is 0. The fraction of sp³-hybridized carbons (Fsp3) is 0.769. The standard InChI is InChI=1S/C12H22O6.CH2O5/c1-2-3-4-5-6-7-10(8-11(13)17-15)9-12(14)18-16;2-1(5-3)6-4/h10,15-16H,2-9H2,1H3;3-4H. The summed E-state index contributed by atoms with van der Waals surface area (Å²) < 4.78 is 0. The molecule has 0 aliphatic heterocycles. The first kappa shape index (κ1) is 24.3. The van der Waals surface area contributed by atoms with Gasteiger partial charge in [0.25, 0.3) is 0 Å². The average molecular weight is 356 g/mol. The van der Waals surface area contributed by atoms with Crippen LogP contribution in [0.25, 0.3) is 0 Å². The molecule has 24 heavy (non-hydrogen) atoms. The van der Waals surface area contributed by atoms with Crippen LogP contribution in [0.3, 0.4) is 0 Å². The highest BCUT2D eigenvalue weighted by Gasteiger charge is 2.19. The second-order valence-corrected chi connectivity index (χ2v) is 4.84. The molecule has 11 nitrogen and oxygen atoms in total. The summed E-state index contributed by atoms with van der Waals surface area (Å²) >= 11 is 0. The van der Waals surface area contributed by atoms with Crippen LogP contribution in [0.15, 0.2) is 0 Å². The van der Waals surface area contributed by atoms with E-state index in [1.807, 2.05) is 0 Å². The average Bonchev–Trinajstić information content (AvgIpc) is 2.60. The van der Waals surface area contributed by atoms with Crippen molar-refractivity contribution in [2.24, 2.45) is 5.92 Å². The lowest BCUT2D eigenvalue weighted by Gasteiger charge is -2.12. The Morgan fingerprint density at radius 1 is 0.750 bits per heavy atom. The Labute approximate surface area is 138 Å². The maximum absolute atomic E-state index is 10.9. The highest BCUT2D eigenvalue weighted by Crippen LogP contribution is 2.19. The van der Waals surface area contributed by atoms with E-state index in [0.29, 0.717) is 6.42 Å². The summed E-state index contributed by atoms with van der Waals surface area (Å²) in [6.07, 6.45) is 4.37. The molecule has 0 spiro atoms. The van der Waals surface area contributed by atoms with Crippen molar-refractivity contribution in [3.05, 3.63) is 0 Å². The second kappa shape index (κ2) is 17.4. The Morgan fingerprint density at radius 2 is 1.21 bits per heavy atom. The quantitative estimate of drug-likeness (QED) is 0.196. The molecular weight excluding hydrogens is 332 g/mol. The zero-order chi connectivity index (χ0) is 18.8. The largest absolute Gasteiger partial charge is 0.572 e. The molecule has 11 heteroatoms.